The number of nitrogens with zero attached hydrogens (tertiary/aromatic N) is 2. The van der Waals surface area contributed by atoms with E-state index in [-0.39, 0.29) is 0 Å². The summed E-state index contributed by atoms with van der Waals surface area (Å²) in [5.74, 6) is 1.26. The monoisotopic (exact) mass is 255 g/mol. The van der Waals surface area contributed by atoms with E-state index in [0.717, 1.165) is 6.42 Å². The molecule has 102 valence electrons. The van der Waals surface area contributed by atoms with Gasteiger partial charge in [0.15, 0.2) is 0 Å². The van der Waals surface area contributed by atoms with Gasteiger partial charge in [0.2, 0.25) is 5.88 Å². The van der Waals surface area contributed by atoms with Gasteiger partial charge in [0.05, 0.1) is 19.3 Å². The molecule has 0 saturated carbocycles. The van der Waals surface area contributed by atoms with Crippen LogP contribution in [0.3, 0.4) is 0 Å². The molecule has 0 fully saturated rings. The van der Waals surface area contributed by atoms with Crippen LogP contribution >= 0.6 is 0 Å². The second-order valence-corrected chi connectivity index (χ2v) is 3.91. The number of nitrogens with one attached hydrogen (secondary N) is 1. The van der Waals surface area contributed by atoms with Crippen LogP contribution in [0.15, 0.2) is 12.4 Å². The number of rotatable bonds is 9. The molecule has 1 aromatic heterocycles. The molecule has 1 heterocycles. The fourth-order valence-corrected chi connectivity index (χ4v) is 1.36. The van der Waals surface area contributed by atoms with Gasteiger partial charge in [-0.15, -0.1) is 0 Å². The number of hydrogen-bond donors (Lipinski definition) is 2. The average molecular weight is 255 g/mol. The van der Waals surface area contributed by atoms with Crippen molar-refractivity contribution in [2.24, 2.45) is 0 Å². The van der Waals surface area contributed by atoms with Gasteiger partial charge in [-0.2, -0.15) is 0 Å². The highest BCUT2D eigenvalue weighted by atomic mass is 16.5. The second kappa shape index (κ2) is 8.66. The van der Waals surface area contributed by atoms with Gasteiger partial charge in [-0.05, 0) is 12.8 Å². The lowest BCUT2D eigenvalue weighted by molar-refractivity contribution is 0.0615. The zero-order chi connectivity index (χ0) is 13.2. The Morgan fingerprint density at radius 2 is 2.28 bits per heavy atom. The Hall–Kier alpha value is -1.40. The molecule has 6 heteroatoms. The van der Waals surface area contributed by atoms with Crippen molar-refractivity contribution in [3.05, 3.63) is 12.4 Å². The quantitative estimate of drug-likeness (QED) is 0.687. The molecular formula is C12H21N3O3. The molecule has 0 bridgehead atoms. The molecule has 0 spiro atoms. The smallest absolute Gasteiger partial charge is 0.218 e. The maximum absolute atomic E-state index is 9.48. The van der Waals surface area contributed by atoms with E-state index in [1.165, 1.54) is 6.33 Å². The van der Waals surface area contributed by atoms with E-state index in [4.69, 9.17) is 9.47 Å². The fraction of sp³-hybridized carbons (Fsp3) is 0.667. The Balaban J connectivity index is 2.33. The van der Waals surface area contributed by atoms with Gasteiger partial charge in [0.25, 0.3) is 0 Å². The highest BCUT2D eigenvalue weighted by molar-refractivity contribution is 5.36. The molecule has 18 heavy (non-hydrogen) atoms. The second-order valence-electron chi connectivity index (χ2n) is 3.91. The third-order valence-corrected chi connectivity index (χ3v) is 2.24. The minimum Gasteiger partial charge on any atom is -0.478 e. The molecule has 0 saturated heterocycles. The van der Waals surface area contributed by atoms with Crippen LogP contribution in [0.1, 0.15) is 19.8 Å². The van der Waals surface area contributed by atoms with Crippen molar-refractivity contribution >= 4 is 5.82 Å². The van der Waals surface area contributed by atoms with Crippen LogP contribution in [0.25, 0.3) is 0 Å². The van der Waals surface area contributed by atoms with Crippen LogP contribution in [0.2, 0.25) is 0 Å². The largest absolute Gasteiger partial charge is 0.478 e. The summed E-state index contributed by atoms with van der Waals surface area (Å²) in [4.78, 5) is 8.08. The zero-order valence-electron chi connectivity index (χ0n) is 10.9. The summed E-state index contributed by atoms with van der Waals surface area (Å²) < 4.78 is 10.2. The molecule has 2 N–H and O–H groups in total. The summed E-state index contributed by atoms with van der Waals surface area (Å²) in [6.07, 6.45) is 2.54. The SMILES string of the molecule is CCCOc1cc(NCCC(O)COC)ncn1. The molecule has 0 aromatic carbocycles. The van der Waals surface area contributed by atoms with Gasteiger partial charge in [-0.3, -0.25) is 0 Å². The first kappa shape index (κ1) is 14.7. The number of hydrogen-bond acceptors (Lipinski definition) is 6. The average Bonchev–Trinajstić information content (AvgIpc) is 2.37. The van der Waals surface area contributed by atoms with E-state index < -0.39 is 6.10 Å². The Morgan fingerprint density at radius 1 is 1.44 bits per heavy atom. The number of aromatic nitrogens is 2. The number of anilines is 1. The van der Waals surface area contributed by atoms with Crippen LogP contribution in [0.5, 0.6) is 5.88 Å². The molecule has 1 aromatic rings. The van der Waals surface area contributed by atoms with E-state index >= 15 is 0 Å². The summed E-state index contributed by atoms with van der Waals surface area (Å²) in [6, 6.07) is 1.75. The first-order valence-corrected chi connectivity index (χ1v) is 6.12. The van der Waals surface area contributed by atoms with Gasteiger partial charge in [-0.1, -0.05) is 6.92 Å². The van der Waals surface area contributed by atoms with Crippen molar-refractivity contribution in [2.45, 2.75) is 25.9 Å². The van der Waals surface area contributed by atoms with Gasteiger partial charge < -0.3 is 19.9 Å². The Labute approximate surface area is 107 Å². The zero-order valence-corrected chi connectivity index (χ0v) is 10.9. The summed E-state index contributed by atoms with van der Waals surface area (Å²) in [5, 5.41) is 12.6. The number of ether oxygens (including phenoxy) is 2. The molecule has 0 aliphatic carbocycles. The Morgan fingerprint density at radius 3 is 3.00 bits per heavy atom. The lowest BCUT2D eigenvalue weighted by Crippen LogP contribution is -2.18. The van der Waals surface area contributed by atoms with Crippen molar-refractivity contribution in [3.8, 4) is 5.88 Å². The van der Waals surface area contributed by atoms with Crippen molar-refractivity contribution in [1.82, 2.24) is 9.97 Å². The fourth-order valence-electron chi connectivity index (χ4n) is 1.36. The molecule has 1 atom stereocenters. The summed E-state index contributed by atoms with van der Waals surface area (Å²) in [7, 11) is 1.57. The van der Waals surface area contributed by atoms with Crippen molar-refractivity contribution < 1.29 is 14.6 Å². The van der Waals surface area contributed by atoms with E-state index in [1.807, 2.05) is 6.92 Å². The molecule has 0 aliphatic rings. The van der Waals surface area contributed by atoms with Gasteiger partial charge in [0.1, 0.15) is 12.1 Å². The predicted molar refractivity (Wildman–Crippen MR) is 68.8 cm³/mol. The van der Waals surface area contributed by atoms with Crippen LogP contribution < -0.4 is 10.1 Å². The lowest BCUT2D eigenvalue weighted by atomic mass is 10.2. The molecular weight excluding hydrogens is 234 g/mol. The topological polar surface area (TPSA) is 76.5 Å². The Kier molecular flexibility index (Phi) is 7.05. The normalized spacial score (nSPS) is 12.2. The van der Waals surface area contributed by atoms with E-state index in [0.29, 0.717) is 37.9 Å². The number of aliphatic hydroxyl groups excluding tert-OH is 1. The minimum absolute atomic E-state index is 0.344. The summed E-state index contributed by atoms with van der Waals surface area (Å²) in [6.45, 7) is 3.64. The van der Waals surface area contributed by atoms with Crippen molar-refractivity contribution in [3.63, 3.8) is 0 Å². The van der Waals surface area contributed by atoms with Crippen LogP contribution in [-0.4, -0.2) is 48.0 Å². The lowest BCUT2D eigenvalue weighted by Gasteiger charge is -2.10. The molecule has 1 unspecified atom stereocenters. The molecule has 0 radical (unpaired) electrons. The summed E-state index contributed by atoms with van der Waals surface area (Å²) >= 11 is 0. The number of aliphatic hydroxyl groups is 1. The highest BCUT2D eigenvalue weighted by Crippen LogP contribution is 2.11. The van der Waals surface area contributed by atoms with Crippen molar-refractivity contribution in [2.75, 3.05) is 32.2 Å². The third kappa shape index (κ3) is 5.79. The predicted octanol–water partition coefficient (Wildman–Crippen LogP) is 1.07. The third-order valence-electron chi connectivity index (χ3n) is 2.24. The van der Waals surface area contributed by atoms with Crippen LogP contribution in [0.4, 0.5) is 5.82 Å². The highest BCUT2D eigenvalue weighted by Gasteiger charge is 2.03. The minimum atomic E-state index is -0.458. The molecule has 0 aliphatic heterocycles. The van der Waals surface area contributed by atoms with Gasteiger partial charge in [0, 0.05) is 19.7 Å². The van der Waals surface area contributed by atoms with E-state index in [2.05, 4.69) is 15.3 Å². The molecule has 6 nitrogen and oxygen atoms in total. The maximum Gasteiger partial charge on any atom is 0.218 e. The van der Waals surface area contributed by atoms with Gasteiger partial charge in [-0.25, -0.2) is 9.97 Å². The Bertz CT molecular complexity index is 336. The first-order valence-electron chi connectivity index (χ1n) is 6.12. The van der Waals surface area contributed by atoms with E-state index in [9.17, 15) is 5.11 Å². The number of methoxy groups -OCH3 is 1. The molecule has 1 rings (SSSR count). The van der Waals surface area contributed by atoms with Crippen molar-refractivity contribution in [1.29, 1.82) is 0 Å². The van der Waals surface area contributed by atoms with E-state index in [1.54, 1.807) is 13.2 Å². The standard InChI is InChI=1S/C12H21N3O3/c1-3-6-18-12-7-11(14-9-15-12)13-5-4-10(16)8-17-2/h7,9-10,16H,3-6,8H2,1-2H3,(H,13,14,15). The van der Waals surface area contributed by atoms with Crippen LogP contribution in [-0.2, 0) is 4.74 Å². The first-order chi connectivity index (χ1) is 8.76. The van der Waals surface area contributed by atoms with Crippen LogP contribution in [0, 0.1) is 0 Å². The maximum atomic E-state index is 9.48. The molecule has 0 amide bonds. The summed E-state index contributed by atoms with van der Waals surface area (Å²) in [5.41, 5.74) is 0. The van der Waals surface area contributed by atoms with Gasteiger partial charge >= 0.3 is 0 Å².